The molecular formula is C15H12N2O3S. The van der Waals surface area contributed by atoms with Gasteiger partial charge in [0.15, 0.2) is 11.9 Å². The van der Waals surface area contributed by atoms with Crippen LogP contribution >= 0.6 is 0 Å². The minimum Gasteiger partial charge on any atom is -0.296 e. The number of hydrogen-bond acceptors (Lipinski definition) is 4. The van der Waals surface area contributed by atoms with E-state index in [1.165, 1.54) is 18.3 Å². The van der Waals surface area contributed by atoms with E-state index in [4.69, 9.17) is 0 Å². The van der Waals surface area contributed by atoms with Crippen LogP contribution in [0.15, 0.2) is 53.6 Å². The number of aromatic nitrogens is 2. The average Bonchev–Trinajstić information content (AvgIpc) is 2.89. The van der Waals surface area contributed by atoms with Crippen LogP contribution in [0.25, 0.3) is 11.0 Å². The summed E-state index contributed by atoms with van der Waals surface area (Å²) in [6.45, 7) is 1.85. The predicted molar refractivity (Wildman–Crippen MR) is 78.9 cm³/mol. The minimum absolute atomic E-state index is 0.0654. The summed E-state index contributed by atoms with van der Waals surface area (Å²) in [5.74, 6) is 0. The van der Waals surface area contributed by atoms with Crippen LogP contribution in [-0.4, -0.2) is 23.7 Å². The first-order chi connectivity index (χ1) is 10.1. The first kappa shape index (κ1) is 13.5. The Bertz CT molecular complexity index is 928. The highest BCUT2D eigenvalue weighted by molar-refractivity contribution is 7.90. The molecule has 2 aromatic heterocycles. The Labute approximate surface area is 121 Å². The van der Waals surface area contributed by atoms with Crippen molar-refractivity contribution in [1.29, 1.82) is 0 Å². The Balaban J connectivity index is 2.40. The monoisotopic (exact) mass is 300 g/mol. The van der Waals surface area contributed by atoms with Gasteiger partial charge in [0.2, 0.25) is 0 Å². The Kier molecular flexibility index (Phi) is 3.10. The highest BCUT2D eigenvalue weighted by atomic mass is 32.2. The number of fused-ring (bicyclic) bond motifs is 1. The van der Waals surface area contributed by atoms with Gasteiger partial charge in [0, 0.05) is 11.6 Å². The molecule has 6 heteroatoms. The molecule has 0 amide bonds. The van der Waals surface area contributed by atoms with Crippen LogP contribution in [0.4, 0.5) is 0 Å². The van der Waals surface area contributed by atoms with Gasteiger partial charge in [0.05, 0.1) is 10.6 Å². The Hall–Kier alpha value is -2.47. The molecule has 0 atom stereocenters. The molecule has 3 aromatic rings. The maximum atomic E-state index is 12.8. The summed E-state index contributed by atoms with van der Waals surface area (Å²) >= 11 is 0. The summed E-state index contributed by atoms with van der Waals surface area (Å²) in [5, 5.41) is 0.652. The average molecular weight is 300 g/mol. The van der Waals surface area contributed by atoms with Gasteiger partial charge in [-0.15, -0.1) is 0 Å². The summed E-state index contributed by atoms with van der Waals surface area (Å²) in [6.07, 6.45) is 2.06. The van der Waals surface area contributed by atoms with E-state index in [9.17, 15) is 13.2 Å². The topological polar surface area (TPSA) is 69.0 Å². The Morgan fingerprint density at radius 1 is 1.14 bits per heavy atom. The molecule has 0 unspecified atom stereocenters. The molecule has 2 heterocycles. The standard InChI is InChI=1S/C15H12N2O3S/c1-11-7-8-16-15-14(11)9-12(10-18)17(15)21(19,20)13-5-3-2-4-6-13/h2-10H,1H3. The lowest BCUT2D eigenvalue weighted by Gasteiger charge is -2.08. The molecule has 0 saturated carbocycles. The lowest BCUT2D eigenvalue weighted by atomic mass is 10.2. The van der Waals surface area contributed by atoms with E-state index < -0.39 is 10.0 Å². The van der Waals surface area contributed by atoms with E-state index in [1.807, 2.05) is 6.92 Å². The number of hydrogen-bond donors (Lipinski definition) is 0. The maximum Gasteiger partial charge on any atom is 0.270 e. The first-order valence-corrected chi connectivity index (χ1v) is 7.72. The number of carbonyl (C=O) groups excluding carboxylic acids is 1. The van der Waals surface area contributed by atoms with Crippen molar-refractivity contribution in [2.24, 2.45) is 0 Å². The quantitative estimate of drug-likeness (QED) is 0.696. The van der Waals surface area contributed by atoms with Gasteiger partial charge in [0.1, 0.15) is 0 Å². The van der Waals surface area contributed by atoms with Gasteiger partial charge in [-0.1, -0.05) is 18.2 Å². The van der Waals surface area contributed by atoms with Gasteiger partial charge in [0.25, 0.3) is 10.0 Å². The molecule has 0 saturated heterocycles. The lowest BCUT2D eigenvalue weighted by Crippen LogP contribution is -2.15. The van der Waals surface area contributed by atoms with Crippen molar-refractivity contribution in [1.82, 2.24) is 8.96 Å². The van der Waals surface area contributed by atoms with Crippen LogP contribution in [0.1, 0.15) is 16.1 Å². The van der Waals surface area contributed by atoms with Crippen LogP contribution in [0.2, 0.25) is 0 Å². The van der Waals surface area contributed by atoms with Gasteiger partial charge >= 0.3 is 0 Å². The molecule has 21 heavy (non-hydrogen) atoms. The summed E-state index contributed by atoms with van der Waals surface area (Å²) in [5.41, 5.74) is 1.20. The fourth-order valence-corrected chi connectivity index (χ4v) is 3.72. The molecule has 5 nitrogen and oxygen atoms in total. The number of aldehydes is 1. The van der Waals surface area contributed by atoms with Gasteiger partial charge in [-0.3, -0.25) is 4.79 Å². The van der Waals surface area contributed by atoms with Crippen molar-refractivity contribution >= 4 is 27.3 Å². The van der Waals surface area contributed by atoms with Crippen molar-refractivity contribution in [2.75, 3.05) is 0 Å². The third kappa shape index (κ3) is 2.04. The molecule has 0 spiro atoms. The number of nitrogens with zero attached hydrogens (tertiary/aromatic N) is 2. The van der Waals surface area contributed by atoms with E-state index >= 15 is 0 Å². The minimum atomic E-state index is -3.86. The van der Waals surface area contributed by atoms with Gasteiger partial charge in [-0.2, -0.15) is 0 Å². The highest BCUT2D eigenvalue weighted by Crippen LogP contribution is 2.25. The Morgan fingerprint density at radius 3 is 2.52 bits per heavy atom. The molecule has 0 bridgehead atoms. The summed E-state index contributed by atoms with van der Waals surface area (Å²) in [4.78, 5) is 15.5. The number of benzene rings is 1. The fourth-order valence-electron chi connectivity index (χ4n) is 2.26. The fraction of sp³-hybridized carbons (Fsp3) is 0.0667. The van der Waals surface area contributed by atoms with Crippen LogP contribution in [0, 0.1) is 6.92 Å². The van der Waals surface area contributed by atoms with Crippen molar-refractivity contribution in [2.45, 2.75) is 11.8 Å². The molecule has 0 aliphatic heterocycles. The zero-order chi connectivity index (χ0) is 15.0. The molecule has 0 radical (unpaired) electrons. The summed E-state index contributed by atoms with van der Waals surface area (Å²) < 4.78 is 26.5. The Morgan fingerprint density at radius 2 is 1.86 bits per heavy atom. The summed E-state index contributed by atoms with van der Waals surface area (Å²) in [6, 6.07) is 11.3. The highest BCUT2D eigenvalue weighted by Gasteiger charge is 2.23. The summed E-state index contributed by atoms with van der Waals surface area (Å²) in [7, 11) is -3.86. The molecule has 0 fully saturated rings. The molecule has 0 aliphatic carbocycles. The largest absolute Gasteiger partial charge is 0.296 e. The second-order valence-corrected chi connectivity index (χ2v) is 6.42. The second-order valence-electron chi connectivity index (χ2n) is 4.63. The van der Waals surface area contributed by atoms with E-state index in [0.29, 0.717) is 11.7 Å². The number of carbonyl (C=O) groups is 1. The zero-order valence-corrected chi connectivity index (χ0v) is 12.0. The van der Waals surface area contributed by atoms with Crippen LogP contribution in [0.5, 0.6) is 0 Å². The van der Waals surface area contributed by atoms with Crippen LogP contribution < -0.4 is 0 Å². The maximum absolute atomic E-state index is 12.8. The SMILES string of the molecule is Cc1ccnc2c1cc(C=O)n2S(=O)(=O)c1ccccc1. The van der Waals surface area contributed by atoms with Crippen LogP contribution in [-0.2, 0) is 10.0 Å². The van der Waals surface area contributed by atoms with Crippen LogP contribution in [0.3, 0.4) is 0 Å². The molecule has 1 aromatic carbocycles. The van der Waals surface area contributed by atoms with E-state index in [1.54, 1.807) is 30.3 Å². The van der Waals surface area contributed by atoms with Crippen molar-refractivity contribution in [3.8, 4) is 0 Å². The number of rotatable bonds is 3. The number of pyridine rings is 1. The van der Waals surface area contributed by atoms with Gasteiger partial charge in [-0.05, 0) is 36.8 Å². The van der Waals surface area contributed by atoms with E-state index in [-0.39, 0.29) is 16.2 Å². The molecule has 0 N–H and O–H groups in total. The van der Waals surface area contributed by atoms with Gasteiger partial charge < -0.3 is 0 Å². The zero-order valence-electron chi connectivity index (χ0n) is 11.2. The van der Waals surface area contributed by atoms with Crippen molar-refractivity contribution in [3.05, 3.63) is 59.9 Å². The van der Waals surface area contributed by atoms with E-state index in [0.717, 1.165) is 9.54 Å². The normalized spacial score (nSPS) is 11.7. The third-order valence-corrected chi connectivity index (χ3v) is 5.04. The third-order valence-electron chi connectivity index (χ3n) is 3.31. The van der Waals surface area contributed by atoms with Gasteiger partial charge in [-0.25, -0.2) is 17.4 Å². The van der Waals surface area contributed by atoms with E-state index in [2.05, 4.69) is 4.98 Å². The first-order valence-electron chi connectivity index (χ1n) is 6.28. The second kappa shape index (κ2) is 4.82. The molecule has 0 aliphatic rings. The van der Waals surface area contributed by atoms with Crippen molar-refractivity contribution < 1.29 is 13.2 Å². The molecular weight excluding hydrogens is 288 g/mol. The predicted octanol–water partition coefficient (Wildman–Crippen LogP) is 2.39. The van der Waals surface area contributed by atoms with Crippen molar-refractivity contribution in [3.63, 3.8) is 0 Å². The smallest absolute Gasteiger partial charge is 0.270 e. The molecule has 106 valence electrons. The lowest BCUT2D eigenvalue weighted by molar-refractivity contribution is 0.111. The number of aryl methyl sites for hydroxylation is 1. The molecule has 3 rings (SSSR count).